The number of alkyl halides is 3. The van der Waals surface area contributed by atoms with E-state index in [1.165, 1.54) is 0 Å². The zero-order valence-electron chi connectivity index (χ0n) is 16.3. The summed E-state index contributed by atoms with van der Waals surface area (Å²) in [5.41, 5.74) is 1.77. The van der Waals surface area contributed by atoms with Crippen LogP contribution in [0.2, 0.25) is 0 Å². The number of allylic oxidation sites excluding steroid dienone is 3. The van der Waals surface area contributed by atoms with Crippen LogP contribution in [0.1, 0.15) is 12.0 Å². The summed E-state index contributed by atoms with van der Waals surface area (Å²) < 4.78 is 42.4. The lowest BCUT2D eigenvalue weighted by Gasteiger charge is -2.39. The molecule has 0 spiro atoms. The molecule has 10 heteroatoms. The number of nitrogens with zero attached hydrogens (tertiary/aromatic N) is 4. The van der Waals surface area contributed by atoms with Crippen molar-refractivity contribution in [2.45, 2.75) is 18.6 Å². The molecule has 2 unspecified atom stereocenters. The number of piperidine rings is 1. The number of aryl methyl sites for hydroxylation is 1. The maximum atomic E-state index is 13.5. The zero-order chi connectivity index (χ0) is 21.8. The summed E-state index contributed by atoms with van der Waals surface area (Å²) in [4.78, 5) is 24.9. The van der Waals surface area contributed by atoms with E-state index in [9.17, 15) is 18.0 Å². The Bertz CT molecular complexity index is 1190. The van der Waals surface area contributed by atoms with Gasteiger partial charge in [-0.3, -0.25) is 9.79 Å². The molecule has 5 rings (SSSR count). The Morgan fingerprint density at radius 1 is 1.23 bits per heavy atom. The summed E-state index contributed by atoms with van der Waals surface area (Å²) in [5.74, 6) is -0.717. The van der Waals surface area contributed by atoms with Crippen LogP contribution in [0.25, 0.3) is 5.57 Å². The highest BCUT2D eigenvalue weighted by Crippen LogP contribution is 2.45. The van der Waals surface area contributed by atoms with Crippen LogP contribution in [-0.2, 0) is 11.8 Å². The van der Waals surface area contributed by atoms with Crippen molar-refractivity contribution in [1.82, 2.24) is 19.9 Å². The van der Waals surface area contributed by atoms with E-state index in [0.29, 0.717) is 22.7 Å². The van der Waals surface area contributed by atoms with Gasteiger partial charge in [0.2, 0.25) is 11.9 Å². The van der Waals surface area contributed by atoms with Crippen molar-refractivity contribution in [3.8, 4) is 0 Å². The Morgan fingerprint density at radius 3 is 2.68 bits per heavy atom. The molecule has 1 aliphatic carbocycles. The first-order valence-electron chi connectivity index (χ1n) is 9.56. The minimum atomic E-state index is -4.60. The van der Waals surface area contributed by atoms with Gasteiger partial charge in [-0.05, 0) is 17.2 Å². The van der Waals surface area contributed by atoms with E-state index in [2.05, 4.69) is 25.6 Å². The third kappa shape index (κ3) is 3.43. The van der Waals surface area contributed by atoms with E-state index in [1.807, 2.05) is 30.1 Å². The second-order valence-electron chi connectivity index (χ2n) is 7.60. The highest BCUT2D eigenvalue weighted by Gasteiger charge is 2.47. The number of rotatable bonds is 3. The molecule has 0 saturated carbocycles. The summed E-state index contributed by atoms with van der Waals surface area (Å²) in [7, 11) is 1.90. The van der Waals surface area contributed by atoms with Gasteiger partial charge in [-0.1, -0.05) is 12.2 Å². The number of aliphatic imine (C=N–C) groups is 1. The number of carbonyl (C=O) groups excluding carboxylic acids is 1. The average molecular weight is 426 g/mol. The van der Waals surface area contributed by atoms with E-state index in [1.54, 1.807) is 24.5 Å². The van der Waals surface area contributed by atoms with Gasteiger partial charge in [-0.25, -0.2) is 9.97 Å². The second-order valence-corrected chi connectivity index (χ2v) is 7.60. The van der Waals surface area contributed by atoms with E-state index in [0.717, 1.165) is 11.9 Å². The third-order valence-electron chi connectivity index (χ3n) is 5.49. The minimum Gasteiger partial charge on any atom is -0.355 e. The number of halogens is 3. The van der Waals surface area contributed by atoms with Crippen molar-refractivity contribution in [3.05, 3.63) is 65.4 Å². The summed E-state index contributed by atoms with van der Waals surface area (Å²) in [6, 6.07) is 1.30. The number of nitrogens with one attached hydrogen (secondary N) is 2. The largest absolute Gasteiger partial charge is 0.419 e. The van der Waals surface area contributed by atoms with Crippen molar-refractivity contribution in [3.63, 3.8) is 0 Å². The van der Waals surface area contributed by atoms with Gasteiger partial charge in [0.1, 0.15) is 0 Å². The van der Waals surface area contributed by atoms with Crippen LogP contribution >= 0.6 is 0 Å². The molecule has 1 amide bonds. The average Bonchev–Trinajstić information content (AvgIpc) is 3.12. The highest BCUT2D eigenvalue weighted by atomic mass is 19.4. The molecule has 2 N–H and O–H groups in total. The molecule has 7 nitrogen and oxygen atoms in total. The Morgan fingerprint density at radius 2 is 2.00 bits per heavy atom. The molecule has 0 radical (unpaired) electrons. The summed E-state index contributed by atoms with van der Waals surface area (Å²) >= 11 is 0. The monoisotopic (exact) mass is 426 g/mol. The van der Waals surface area contributed by atoms with Gasteiger partial charge in [-0.2, -0.15) is 13.2 Å². The Hall–Kier alpha value is -3.69. The maximum Gasteiger partial charge on any atom is 0.419 e. The van der Waals surface area contributed by atoms with Crippen LogP contribution in [0.5, 0.6) is 0 Å². The molecule has 1 saturated heterocycles. The SMILES string of the molecule is Cn1ccc(Nc2ncc(C3=CC=C4CC(=O)NC5=C(C(F)(F)F)C=NC3C45)cn2)c1. The molecule has 2 aromatic heterocycles. The van der Waals surface area contributed by atoms with E-state index < -0.39 is 29.6 Å². The minimum absolute atomic E-state index is 0.0472. The Balaban J connectivity index is 1.47. The van der Waals surface area contributed by atoms with Gasteiger partial charge < -0.3 is 15.2 Å². The molecule has 2 aromatic rings. The van der Waals surface area contributed by atoms with Crippen LogP contribution < -0.4 is 10.6 Å². The van der Waals surface area contributed by atoms with Crippen molar-refractivity contribution in [1.29, 1.82) is 0 Å². The lowest BCUT2D eigenvalue weighted by Crippen LogP contribution is -2.45. The molecule has 2 aliphatic heterocycles. The van der Waals surface area contributed by atoms with Crippen molar-refractivity contribution in [2.24, 2.45) is 18.0 Å². The molecule has 4 heterocycles. The number of aromatic nitrogens is 3. The molecule has 0 bridgehead atoms. The first kappa shape index (κ1) is 19.3. The fourth-order valence-corrected chi connectivity index (χ4v) is 4.12. The lowest BCUT2D eigenvalue weighted by atomic mass is 9.73. The third-order valence-corrected chi connectivity index (χ3v) is 5.49. The van der Waals surface area contributed by atoms with Gasteiger partial charge in [0, 0.05) is 61.6 Å². The quantitative estimate of drug-likeness (QED) is 0.789. The number of hydrogen-bond donors (Lipinski definition) is 2. The van der Waals surface area contributed by atoms with Gasteiger partial charge in [-0.15, -0.1) is 0 Å². The van der Waals surface area contributed by atoms with Crippen LogP contribution in [0.3, 0.4) is 0 Å². The van der Waals surface area contributed by atoms with Gasteiger partial charge in [0.25, 0.3) is 0 Å². The summed E-state index contributed by atoms with van der Waals surface area (Å²) in [5, 5.41) is 5.52. The predicted octanol–water partition coefficient (Wildman–Crippen LogP) is 3.29. The van der Waals surface area contributed by atoms with E-state index in [-0.39, 0.29) is 12.1 Å². The van der Waals surface area contributed by atoms with Crippen LogP contribution in [0.4, 0.5) is 24.8 Å². The maximum absolute atomic E-state index is 13.5. The van der Waals surface area contributed by atoms with Crippen LogP contribution in [-0.4, -0.2) is 38.9 Å². The van der Waals surface area contributed by atoms with Gasteiger partial charge in [0.15, 0.2) is 0 Å². The van der Waals surface area contributed by atoms with E-state index >= 15 is 0 Å². The van der Waals surface area contributed by atoms with E-state index in [4.69, 9.17) is 0 Å². The molecule has 1 fully saturated rings. The number of carbonyl (C=O) groups is 1. The topological polar surface area (TPSA) is 84.2 Å². The molecular weight excluding hydrogens is 409 g/mol. The highest BCUT2D eigenvalue weighted by molar-refractivity contribution is 5.92. The zero-order valence-corrected chi connectivity index (χ0v) is 16.3. The molecule has 2 atom stereocenters. The fourth-order valence-electron chi connectivity index (χ4n) is 4.12. The number of dihydropyridines is 1. The Labute approximate surface area is 175 Å². The smallest absolute Gasteiger partial charge is 0.355 e. The Kier molecular flexibility index (Phi) is 4.31. The van der Waals surface area contributed by atoms with Crippen molar-refractivity contribution in [2.75, 3.05) is 5.32 Å². The predicted molar refractivity (Wildman–Crippen MR) is 108 cm³/mol. The normalized spacial score (nSPS) is 22.5. The fraction of sp³-hybridized carbons (Fsp3) is 0.238. The first-order valence-corrected chi connectivity index (χ1v) is 9.56. The van der Waals surface area contributed by atoms with Crippen molar-refractivity contribution >= 4 is 29.3 Å². The lowest BCUT2D eigenvalue weighted by molar-refractivity contribution is -0.120. The standard InChI is InChI=1S/C21H17F3N6O/c1-30-5-4-13(10-30)28-20-26-7-12(8-27-20)14-3-2-11-6-16(31)29-19-15(21(22,23)24)9-25-18(14)17(11)19/h2-5,7-10,17-18H,6H2,1H3,(H,29,31)(H,26,27,28). The second kappa shape index (κ2) is 6.93. The molecule has 31 heavy (non-hydrogen) atoms. The van der Waals surface area contributed by atoms with Gasteiger partial charge >= 0.3 is 6.18 Å². The summed E-state index contributed by atoms with van der Waals surface area (Å²) in [6.07, 6.45) is 6.74. The van der Waals surface area contributed by atoms with Crippen LogP contribution in [0.15, 0.2) is 64.8 Å². The summed E-state index contributed by atoms with van der Waals surface area (Å²) in [6.45, 7) is 0. The van der Waals surface area contributed by atoms with Gasteiger partial charge in [0.05, 0.1) is 17.3 Å². The van der Waals surface area contributed by atoms with Crippen LogP contribution in [0, 0.1) is 5.92 Å². The first-order chi connectivity index (χ1) is 14.8. The van der Waals surface area contributed by atoms with Crippen molar-refractivity contribution < 1.29 is 18.0 Å². The molecule has 3 aliphatic rings. The number of hydrogen-bond acceptors (Lipinski definition) is 5. The number of amides is 1. The molecule has 158 valence electrons. The number of anilines is 2. The molecule has 0 aromatic carbocycles. The molecular formula is C21H17F3N6O.